The van der Waals surface area contributed by atoms with Crippen LogP contribution in [0.4, 0.5) is 0 Å². The fourth-order valence-corrected chi connectivity index (χ4v) is 8.96. The van der Waals surface area contributed by atoms with Gasteiger partial charge in [-0.05, 0) is 78.7 Å². The first kappa shape index (κ1) is 36.4. The Morgan fingerprint density at radius 3 is 1.51 bits per heavy atom. The van der Waals surface area contributed by atoms with Crippen LogP contribution in [0.15, 0.2) is 229 Å². The predicted octanol–water partition coefficient (Wildman–Crippen LogP) is 15.7. The van der Waals surface area contributed by atoms with Crippen molar-refractivity contribution in [3.05, 3.63) is 224 Å². The molecular formula is C59H37N3O. The molecule has 12 rings (SSSR count). The summed E-state index contributed by atoms with van der Waals surface area (Å²) >= 11 is 0. The first-order valence-corrected chi connectivity index (χ1v) is 21.2. The van der Waals surface area contributed by atoms with Crippen LogP contribution in [-0.2, 0) is 0 Å². The van der Waals surface area contributed by atoms with Crippen LogP contribution in [0, 0.1) is 0 Å². The fourth-order valence-electron chi connectivity index (χ4n) is 8.96. The zero-order valence-electron chi connectivity index (χ0n) is 34.1. The van der Waals surface area contributed by atoms with E-state index < -0.39 is 0 Å². The number of furan rings is 1. The first-order valence-electron chi connectivity index (χ1n) is 21.2. The lowest BCUT2D eigenvalue weighted by molar-refractivity contribution is 0.670. The molecule has 0 aliphatic heterocycles. The van der Waals surface area contributed by atoms with Crippen LogP contribution in [0.3, 0.4) is 0 Å². The number of nitrogens with zero attached hydrogens (tertiary/aromatic N) is 3. The number of benzene rings is 10. The molecule has 0 radical (unpaired) electrons. The average Bonchev–Trinajstić information content (AvgIpc) is 3.76. The molecule has 0 unspecified atom stereocenters. The third-order valence-corrected chi connectivity index (χ3v) is 12.2. The molecule has 4 heteroatoms. The molecule has 0 spiro atoms. The topological polar surface area (TPSA) is 51.8 Å². The van der Waals surface area contributed by atoms with E-state index in [2.05, 4.69) is 200 Å². The minimum absolute atomic E-state index is 0.582. The normalized spacial score (nSPS) is 11.5. The summed E-state index contributed by atoms with van der Waals surface area (Å²) in [5, 5.41) is 6.73. The quantitative estimate of drug-likeness (QED) is 0.151. The maximum absolute atomic E-state index is 6.78. The van der Waals surface area contributed by atoms with Gasteiger partial charge in [-0.25, -0.2) is 15.0 Å². The molecule has 4 nitrogen and oxygen atoms in total. The second-order valence-electron chi connectivity index (χ2n) is 16.0. The van der Waals surface area contributed by atoms with Gasteiger partial charge in [-0.15, -0.1) is 0 Å². The van der Waals surface area contributed by atoms with Crippen molar-refractivity contribution in [2.45, 2.75) is 0 Å². The summed E-state index contributed by atoms with van der Waals surface area (Å²) in [4.78, 5) is 15.7. The highest BCUT2D eigenvalue weighted by atomic mass is 16.3. The summed E-state index contributed by atoms with van der Waals surface area (Å²) in [6.07, 6.45) is 0. The lowest BCUT2D eigenvalue weighted by Crippen LogP contribution is -2.00. The van der Waals surface area contributed by atoms with E-state index in [-0.39, 0.29) is 0 Å². The molecule has 10 aromatic carbocycles. The van der Waals surface area contributed by atoms with Gasteiger partial charge in [-0.2, -0.15) is 0 Å². The minimum Gasteiger partial charge on any atom is -0.455 e. The van der Waals surface area contributed by atoms with E-state index in [9.17, 15) is 0 Å². The van der Waals surface area contributed by atoms with Crippen molar-refractivity contribution in [2.24, 2.45) is 0 Å². The maximum atomic E-state index is 6.78. The van der Waals surface area contributed by atoms with Gasteiger partial charge in [0, 0.05) is 33.0 Å². The largest absolute Gasteiger partial charge is 0.455 e. The number of para-hydroxylation sites is 1. The van der Waals surface area contributed by atoms with E-state index in [1.807, 2.05) is 24.3 Å². The predicted molar refractivity (Wildman–Crippen MR) is 260 cm³/mol. The van der Waals surface area contributed by atoms with E-state index in [0.717, 1.165) is 71.8 Å². The molecule has 0 aliphatic rings. The Morgan fingerprint density at radius 1 is 0.270 bits per heavy atom. The van der Waals surface area contributed by atoms with Crippen LogP contribution in [0.2, 0.25) is 0 Å². The number of aromatic nitrogens is 3. The number of hydrogen-bond donors (Lipinski definition) is 0. The molecule has 0 saturated heterocycles. The molecule has 12 aromatic rings. The van der Waals surface area contributed by atoms with E-state index in [1.165, 1.54) is 32.8 Å². The Labute approximate surface area is 364 Å². The Hall–Kier alpha value is -8.47. The van der Waals surface area contributed by atoms with Gasteiger partial charge in [0.25, 0.3) is 0 Å². The third kappa shape index (κ3) is 6.62. The highest BCUT2D eigenvalue weighted by molar-refractivity contribution is 6.15. The SMILES string of the molecule is c1ccc(-c2ccc(-c3ccc(-c4nc(-c5ccc6c(ccc7ccccc76)c5)nc(-c5cccc6oc7c(-c8cccc(-c9ccccc9)c8)cccc7c56)n4)cc3)cc2)cc1. The molecule has 0 atom stereocenters. The van der Waals surface area contributed by atoms with Gasteiger partial charge in [-0.1, -0.05) is 206 Å². The number of rotatable bonds is 7. The van der Waals surface area contributed by atoms with E-state index in [0.29, 0.717) is 17.5 Å². The molecule has 0 N–H and O–H groups in total. The fraction of sp³-hybridized carbons (Fsp3) is 0. The highest BCUT2D eigenvalue weighted by Gasteiger charge is 2.20. The van der Waals surface area contributed by atoms with Crippen LogP contribution in [0.25, 0.3) is 122 Å². The van der Waals surface area contributed by atoms with Gasteiger partial charge in [0.2, 0.25) is 0 Å². The van der Waals surface area contributed by atoms with Gasteiger partial charge >= 0.3 is 0 Å². The van der Waals surface area contributed by atoms with Gasteiger partial charge < -0.3 is 4.42 Å². The van der Waals surface area contributed by atoms with Gasteiger partial charge in [-0.3, -0.25) is 0 Å². The molecule has 0 saturated carbocycles. The molecule has 2 heterocycles. The average molecular weight is 804 g/mol. The molecule has 0 aliphatic carbocycles. The lowest BCUT2D eigenvalue weighted by atomic mass is 9.97. The first-order chi connectivity index (χ1) is 31.2. The van der Waals surface area contributed by atoms with Gasteiger partial charge in [0.1, 0.15) is 11.2 Å². The molecule has 0 amide bonds. The summed E-state index contributed by atoms with van der Waals surface area (Å²) in [7, 11) is 0. The van der Waals surface area contributed by atoms with Gasteiger partial charge in [0.15, 0.2) is 17.5 Å². The van der Waals surface area contributed by atoms with Gasteiger partial charge in [0.05, 0.1) is 0 Å². The second-order valence-corrected chi connectivity index (χ2v) is 16.0. The zero-order chi connectivity index (χ0) is 41.7. The van der Waals surface area contributed by atoms with Crippen LogP contribution < -0.4 is 0 Å². The van der Waals surface area contributed by atoms with Crippen molar-refractivity contribution in [3.63, 3.8) is 0 Å². The summed E-state index contributed by atoms with van der Waals surface area (Å²) < 4.78 is 6.78. The molecule has 2 aromatic heterocycles. The molecule has 0 bridgehead atoms. The number of fused-ring (bicyclic) bond motifs is 6. The van der Waals surface area contributed by atoms with Crippen molar-refractivity contribution in [2.75, 3.05) is 0 Å². The van der Waals surface area contributed by atoms with E-state index >= 15 is 0 Å². The zero-order valence-corrected chi connectivity index (χ0v) is 34.1. The summed E-state index contributed by atoms with van der Waals surface area (Å²) in [6, 6.07) is 78.8. The Bertz CT molecular complexity index is 3650. The summed E-state index contributed by atoms with van der Waals surface area (Å²) in [5.41, 5.74) is 13.4. The Balaban J connectivity index is 0.992. The maximum Gasteiger partial charge on any atom is 0.164 e. The third-order valence-electron chi connectivity index (χ3n) is 12.2. The van der Waals surface area contributed by atoms with Crippen molar-refractivity contribution >= 4 is 43.5 Å². The van der Waals surface area contributed by atoms with Crippen LogP contribution >= 0.6 is 0 Å². The van der Waals surface area contributed by atoms with Crippen molar-refractivity contribution in [1.29, 1.82) is 0 Å². The Morgan fingerprint density at radius 2 is 0.762 bits per heavy atom. The van der Waals surface area contributed by atoms with Crippen LogP contribution in [0.5, 0.6) is 0 Å². The molecular weight excluding hydrogens is 767 g/mol. The Kier molecular flexibility index (Phi) is 8.79. The highest BCUT2D eigenvalue weighted by Crippen LogP contribution is 2.41. The van der Waals surface area contributed by atoms with Crippen LogP contribution in [-0.4, -0.2) is 15.0 Å². The van der Waals surface area contributed by atoms with E-state index in [4.69, 9.17) is 19.4 Å². The summed E-state index contributed by atoms with van der Waals surface area (Å²) in [5.74, 6) is 1.79. The molecule has 0 fully saturated rings. The molecule has 294 valence electrons. The smallest absolute Gasteiger partial charge is 0.164 e. The standard InChI is InChI=1S/C59H37N3O/c1-3-12-38(13-4-1)40-24-26-41(27-25-40)42-28-31-44(32-29-42)57-60-58(48-34-35-50-47(37-48)33-30-43-16-7-8-19-49(43)50)62-59(61-57)53-22-11-23-54-55(53)52-21-10-20-51(56(52)63-54)46-18-9-17-45(36-46)39-14-5-2-6-15-39/h1-37H. The van der Waals surface area contributed by atoms with Crippen molar-refractivity contribution in [3.8, 4) is 78.7 Å². The second kappa shape index (κ2) is 15.2. The number of hydrogen-bond acceptors (Lipinski definition) is 4. The monoisotopic (exact) mass is 803 g/mol. The van der Waals surface area contributed by atoms with E-state index in [1.54, 1.807) is 0 Å². The minimum atomic E-state index is 0.582. The lowest BCUT2D eigenvalue weighted by Gasteiger charge is -2.11. The van der Waals surface area contributed by atoms with Crippen LogP contribution in [0.1, 0.15) is 0 Å². The van der Waals surface area contributed by atoms with Crippen molar-refractivity contribution in [1.82, 2.24) is 15.0 Å². The van der Waals surface area contributed by atoms with Crippen molar-refractivity contribution < 1.29 is 4.42 Å². The summed E-state index contributed by atoms with van der Waals surface area (Å²) in [6.45, 7) is 0. The molecule has 63 heavy (non-hydrogen) atoms.